The van der Waals surface area contributed by atoms with Gasteiger partial charge in [-0.15, -0.1) is 0 Å². The van der Waals surface area contributed by atoms with Crippen molar-refractivity contribution >= 4 is 0 Å². The van der Waals surface area contributed by atoms with Crippen molar-refractivity contribution in [2.45, 2.75) is 110 Å². The Morgan fingerprint density at radius 2 is 1.13 bits per heavy atom. The average molecular weight is 330 g/mol. The Hall–Kier alpha value is -0.120. The summed E-state index contributed by atoms with van der Waals surface area (Å²) in [5.74, 6) is 0. The van der Waals surface area contributed by atoms with E-state index in [1.165, 1.54) is 77.0 Å². The third-order valence-corrected chi connectivity index (χ3v) is 4.46. The molecule has 3 nitrogen and oxygen atoms in total. The summed E-state index contributed by atoms with van der Waals surface area (Å²) in [6.07, 6.45) is 17.2. The van der Waals surface area contributed by atoms with E-state index in [-0.39, 0.29) is 6.23 Å². The first-order valence-corrected chi connectivity index (χ1v) is 10.1. The van der Waals surface area contributed by atoms with E-state index in [0.717, 1.165) is 13.0 Å². The molecule has 0 aliphatic heterocycles. The molecule has 0 rings (SSSR count). The van der Waals surface area contributed by atoms with Crippen LogP contribution >= 0.6 is 0 Å². The molecule has 23 heavy (non-hydrogen) atoms. The van der Waals surface area contributed by atoms with Crippen LogP contribution in [0.25, 0.3) is 0 Å². The maximum absolute atomic E-state index is 9.62. The summed E-state index contributed by atoms with van der Waals surface area (Å²) in [4.78, 5) is 1.94. The smallest absolute Gasteiger partial charge is 0.136 e. The molecule has 0 radical (unpaired) electrons. The van der Waals surface area contributed by atoms with Gasteiger partial charge in [0.1, 0.15) is 6.23 Å². The zero-order chi connectivity index (χ0) is 17.3. The van der Waals surface area contributed by atoms with Crippen LogP contribution in [0.2, 0.25) is 0 Å². The second kappa shape index (κ2) is 16.7. The highest BCUT2D eigenvalue weighted by Crippen LogP contribution is 2.12. The summed E-state index contributed by atoms with van der Waals surface area (Å²) in [5.41, 5.74) is 0. The minimum atomic E-state index is -0.438. The Bertz CT molecular complexity index is 224. The predicted molar refractivity (Wildman–Crippen MR) is 101 cm³/mol. The zero-order valence-corrected chi connectivity index (χ0v) is 16.4. The average Bonchev–Trinajstić information content (AvgIpc) is 2.50. The van der Waals surface area contributed by atoms with Gasteiger partial charge in [0.25, 0.3) is 0 Å². The lowest BCUT2D eigenvalue weighted by Gasteiger charge is -2.26. The Morgan fingerprint density at radius 3 is 1.48 bits per heavy atom. The summed E-state index contributed by atoms with van der Waals surface area (Å²) in [7, 11) is 3.89. The number of unbranched alkanes of at least 4 members (excludes halogenated alkanes) is 12. The van der Waals surface area contributed by atoms with E-state index in [2.05, 4.69) is 6.92 Å². The topological polar surface area (TPSA) is 32.7 Å². The van der Waals surface area contributed by atoms with Crippen molar-refractivity contribution in [3.63, 3.8) is 0 Å². The standard InChI is InChI=1S/C20H43NO2/c1-5-6-7-8-9-10-11-12-13-14-15-16-17-18-23-20(19(2)22)21(3)4/h19-20,22H,5-18H2,1-4H3. The van der Waals surface area contributed by atoms with Crippen molar-refractivity contribution in [1.82, 2.24) is 4.90 Å². The van der Waals surface area contributed by atoms with E-state index in [4.69, 9.17) is 4.74 Å². The molecule has 3 heteroatoms. The molecule has 0 bridgehead atoms. The summed E-state index contributed by atoms with van der Waals surface area (Å²) < 4.78 is 5.74. The molecule has 0 spiro atoms. The zero-order valence-electron chi connectivity index (χ0n) is 16.4. The summed E-state index contributed by atoms with van der Waals surface area (Å²) in [6, 6.07) is 0. The first kappa shape index (κ1) is 22.9. The molecule has 140 valence electrons. The Labute approximate surface area is 145 Å². The second-order valence-corrected chi connectivity index (χ2v) is 7.21. The van der Waals surface area contributed by atoms with Gasteiger partial charge in [-0.3, -0.25) is 4.90 Å². The highest BCUT2D eigenvalue weighted by Gasteiger charge is 2.17. The van der Waals surface area contributed by atoms with Crippen LogP contribution in [0.4, 0.5) is 0 Å². The highest BCUT2D eigenvalue weighted by atomic mass is 16.5. The number of rotatable bonds is 17. The number of nitrogens with zero attached hydrogens (tertiary/aromatic N) is 1. The van der Waals surface area contributed by atoms with Crippen molar-refractivity contribution < 1.29 is 9.84 Å². The van der Waals surface area contributed by atoms with Gasteiger partial charge in [0, 0.05) is 6.61 Å². The number of ether oxygens (including phenoxy) is 1. The maximum atomic E-state index is 9.62. The molecule has 0 fully saturated rings. The van der Waals surface area contributed by atoms with Crippen LogP contribution in [0.5, 0.6) is 0 Å². The molecule has 0 saturated carbocycles. The maximum Gasteiger partial charge on any atom is 0.136 e. The van der Waals surface area contributed by atoms with Crippen molar-refractivity contribution in [2.24, 2.45) is 0 Å². The fourth-order valence-electron chi connectivity index (χ4n) is 3.04. The molecular formula is C20H43NO2. The SMILES string of the molecule is CCCCCCCCCCCCCCCOC(C(C)O)N(C)C. The van der Waals surface area contributed by atoms with E-state index >= 15 is 0 Å². The first-order valence-electron chi connectivity index (χ1n) is 10.1. The minimum Gasteiger partial charge on any atom is -0.389 e. The molecule has 1 N–H and O–H groups in total. The minimum absolute atomic E-state index is 0.174. The second-order valence-electron chi connectivity index (χ2n) is 7.21. The molecule has 0 aromatic carbocycles. The van der Waals surface area contributed by atoms with Gasteiger partial charge in [0.15, 0.2) is 0 Å². The van der Waals surface area contributed by atoms with Gasteiger partial charge in [0.2, 0.25) is 0 Å². The quantitative estimate of drug-likeness (QED) is 0.288. The van der Waals surface area contributed by atoms with Gasteiger partial charge in [-0.05, 0) is 27.4 Å². The van der Waals surface area contributed by atoms with E-state index in [9.17, 15) is 5.11 Å². The van der Waals surface area contributed by atoms with Gasteiger partial charge in [0.05, 0.1) is 6.10 Å². The third-order valence-electron chi connectivity index (χ3n) is 4.46. The third kappa shape index (κ3) is 15.2. The van der Waals surface area contributed by atoms with Crippen LogP contribution in [-0.2, 0) is 4.74 Å². The monoisotopic (exact) mass is 329 g/mol. The van der Waals surface area contributed by atoms with Crippen LogP contribution in [-0.4, -0.2) is 43.0 Å². The Balaban J connectivity index is 3.21. The largest absolute Gasteiger partial charge is 0.389 e. The normalized spacial score (nSPS) is 14.3. The fraction of sp³-hybridized carbons (Fsp3) is 1.00. The van der Waals surface area contributed by atoms with E-state index < -0.39 is 6.10 Å². The predicted octanol–water partition coefficient (Wildman–Crippen LogP) is 5.36. The molecule has 0 aliphatic rings. The van der Waals surface area contributed by atoms with Crippen molar-refractivity contribution in [3.8, 4) is 0 Å². The van der Waals surface area contributed by atoms with Gasteiger partial charge < -0.3 is 9.84 Å². The van der Waals surface area contributed by atoms with Crippen LogP contribution in [0.1, 0.15) is 97.3 Å². The molecule has 0 aromatic heterocycles. The molecular weight excluding hydrogens is 286 g/mol. The Kier molecular flexibility index (Phi) is 16.6. The van der Waals surface area contributed by atoms with Crippen molar-refractivity contribution in [2.75, 3.05) is 20.7 Å². The fourth-order valence-corrected chi connectivity index (χ4v) is 3.04. The number of likely N-dealkylation sites (N-methyl/N-ethyl adjacent to an activating group) is 1. The number of aliphatic hydroxyl groups excluding tert-OH is 1. The number of hydrogen-bond acceptors (Lipinski definition) is 3. The van der Waals surface area contributed by atoms with Gasteiger partial charge >= 0.3 is 0 Å². The van der Waals surface area contributed by atoms with E-state index in [1.807, 2.05) is 19.0 Å². The number of hydrogen-bond donors (Lipinski definition) is 1. The number of aliphatic hydroxyl groups is 1. The molecule has 2 atom stereocenters. The summed E-state index contributed by atoms with van der Waals surface area (Å²) in [5, 5.41) is 9.62. The first-order chi connectivity index (χ1) is 11.1. The van der Waals surface area contributed by atoms with Gasteiger partial charge in [-0.2, -0.15) is 0 Å². The van der Waals surface area contributed by atoms with Gasteiger partial charge in [-0.25, -0.2) is 0 Å². The summed E-state index contributed by atoms with van der Waals surface area (Å²) >= 11 is 0. The molecule has 0 saturated heterocycles. The van der Waals surface area contributed by atoms with Crippen LogP contribution in [0.15, 0.2) is 0 Å². The highest BCUT2D eigenvalue weighted by molar-refractivity contribution is 4.61. The van der Waals surface area contributed by atoms with Crippen molar-refractivity contribution in [3.05, 3.63) is 0 Å². The van der Waals surface area contributed by atoms with Crippen LogP contribution < -0.4 is 0 Å². The lowest BCUT2D eigenvalue weighted by Crippen LogP contribution is -2.39. The van der Waals surface area contributed by atoms with Crippen molar-refractivity contribution in [1.29, 1.82) is 0 Å². The molecule has 2 unspecified atom stereocenters. The van der Waals surface area contributed by atoms with Crippen LogP contribution in [0, 0.1) is 0 Å². The lowest BCUT2D eigenvalue weighted by atomic mass is 10.0. The van der Waals surface area contributed by atoms with Crippen LogP contribution in [0.3, 0.4) is 0 Å². The molecule has 0 aliphatic carbocycles. The van der Waals surface area contributed by atoms with E-state index in [1.54, 1.807) is 6.92 Å². The lowest BCUT2D eigenvalue weighted by molar-refractivity contribution is -0.102. The summed E-state index contributed by atoms with van der Waals surface area (Å²) in [6.45, 7) is 4.82. The Morgan fingerprint density at radius 1 is 0.739 bits per heavy atom. The van der Waals surface area contributed by atoms with Gasteiger partial charge in [-0.1, -0.05) is 84.0 Å². The van der Waals surface area contributed by atoms with E-state index in [0.29, 0.717) is 0 Å². The molecule has 0 aromatic rings. The molecule has 0 amide bonds. The molecule has 0 heterocycles.